The Morgan fingerprint density at radius 2 is 2.11 bits per heavy atom. The number of amides is 2. The minimum Gasteiger partial charge on any atom is -0.481 e. The zero-order valence-electron chi connectivity index (χ0n) is 9.98. The summed E-state index contributed by atoms with van der Waals surface area (Å²) in [6, 6.07) is 5.42. The summed E-state index contributed by atoms with van der Waals surface area (Å²) in [7, 11) is 0. The average molecular weight is 254 g/mol. The highest BCUT2D eigenvalue weighted by Gasteiger charge is 2.11. The number of primary amides is 1. The Labute approximate surface area is 104 Å². The van der Waals surface area contributed by atoms with E-state index >= 15 is 0 Å². The Morgan fingerprint density at radius 3 is 2.72 bits per heavy atom. The number of benzene rings is 1. The highest BCUT2D eigenvalue weighted by atomic mass is 19.1. The van der Waals surface area contributed by atoms with Crippen LogP contribution in [-0.2, 0) is 9.59 Å². The molecule has 1 aromatic rings. The SMILES string of the molecule is C[C@H](CC(N)=O)NC(=O)COc1ccccc1F. The van der Waals surface area contributed by atoms with E-state index in [2.05, 4.69) is 5.32 Å². The molecule has 6 heteroatoms. The molecule has 5 nitrogen and oxygen atoms in total. The molecule has 0 fully saturated rings. The lowest BCUT2D eigenvalue weighted by Gasteiger charge is -2.12. The van der Waals surface area contributed by atoms with Gasteiger partial charge in [0.1, 0.15) is 0 Å². The topological polar surface area (TPSA) is 81.4 Å². The molecule has 0 radical (unpaired) electrons. The fourth-order valence-electron chi connectivity index (χ4n) is 1.37. The van der Waals surface area contributed by atoms with Gasteiger partial charge in [0.2, 0.25) is 5.91 Å². The summed E-state index contributed by atoms with van der Waals surface area (Å²) in [6.45, 7) is 1.33. The maximum atomic E-state index is 13.2. The van der Waals surface area contributed by atoms with Crippen LogP contribution >= 0.6 is 0 Å². The van der Waals surface area contributed by atoms with Crippen LogP contribution in [0.15, 0.2) is 24.3 Å². The minimum atomic E-state index is -0.532. The van der Waals surface area contributed by atoms with Gasteiger partial charge in [0.25, 0.3) is 5.91 Å². The highest BCUT2D eigenvalue weighted by molar-refractivity contribution is 5.79. The Kier molecular flexibility index (Phi) is 5.10. The second kappa shape index (κ2) is 6.58. The molecule has 18 heavy (non-hydrogen) atoms. The third-order valence-corrected chi connectivity index (χ3v) is 2.11. The molecule has 0 aliphatic heterocycles. The van der Waals surface area contributed by atoms with E-state index in [1.165, 1.54) is 18.2 Å². The van der Waals surface area contributed by atoms with E-state index in [0.29, 0.717) is 0 Å². The number of para-hydroxylation sites is 1. The number of halogens is 1. The lowest BCUT2D eigenvalue weighted by Crippen LogP contribution is -2.38. The molecule has 98 valence electrons. The Balaban J connectivity index is 2.38. The van der Waals surface area contributed by atoms with Crippen molar-refractivity contribution >= 4 is 11.8 Å². The van der Waals surface area contributed by atoms with Crippen LogP contribution in [0.5, 0.6) is 5.75 Å². The fraction of sp³-hybridized carbons (Fsp3) is 0.333. The van der Waals surface area contributed by atoms with Crippen molar-refractivity contribution in [3.8, 4) is 5.75 Å². The molecule has 0 aliphatic rings. The molecule has 0 bridgehead atoms. The molecule has 0 aromatic heterocycles. The molecular formula is C12H15FN2O3. The first-order chi connectivity index (χ1) is 8.49. The van der Waals surface area contributed by atoms with E-state index in [9.17, 15) is 14.0 Å². The number of carbonyl (C=O) groups excluding carboxylic acids is 2. The summed E-state index contributed by atoms with van der Waals surface area (Å²) in [6.07, 6.45) is 0.0471. The van der Waals surface area contributed by atoms with Crippen molar-refractivity contribution in [2.75, 3.05) is 6.61 Å². The van der Waals surface area contributed by atoms with Gasteiger partial charge < -0.3 is 15.8 Å². The van der Waals surface area contributed by atoms with E-state index in [0.717, 1.165) is 0 Å². The molecular weight excluding hydrogens is 239 g/mol. The largest absolute Gasteiger partial charge is 0.481 e. The first-order valence-electron chi connectivity index (χ1n) is 5.44. The van der Waals surface area contributed by atoms with Crippen LogP contribution < -0.4 is 15.8 Å². The predicted octanol–water partition coefficient (Wildman–Crippen LogP) is 0.585. The predicted molar refractivity (Wildman–Crippen MR) is 63.3 cm³/mol. The van der Waals surface area contributed by atoms with Gasteiger partial charge in [-0.2, -0.15) is 0 Å². The van der Waals surface area contributed by atoms with Crippen molar-refractivity contribution < 1.29 is 18.7 Å². The molecule has 1 aromatic carbocycles. The summed E-state index contributed by atoms with van der Waals surface area (Å²) in [5, 5.41) is 2.51. The molecule has 0 saturated heterocycles. The average Bonchev–Trinajstić information content (AvgIpc) is 2.26. The normalized spacial score (nSPS) is 11.7. The quantitative estimate of drug-likeness (QED) is 0.779. The van der Waals surface area contributed by atoms with Gasteiger partial charge in [-0.3, -0.25) is 9.59 Å². The second-order valence-electron chi connectivity index (χ2n) is 3.86. The summed E-state index contributed by atoms with van der Waals surface area (Å²) in [4.78, 5) is 22.0. The number of rotatable bonds is 6. The number of carbonyl (C=O) groups is 2. The zero-order valence-corrected chi connectivity index (χ0v) is 9.98. The van der Waals surface area contributed by atoms with Gasteiger partial charge >= 0.3 is 0 Å². The van der Waals surface area contributed by atoms with Gasteiger partial charge in [-0.25, -0.2) is 4.39 Å². The van der Waals surface area contributed by atoms with Crippen molar-refractivity contribution in [2.24, 2.45) is 5.73 Å². The van der Waals surface area contributed by atoms with Crippen molar-refractivity contribution in [1.29, 1.82) is 0 Å². The van der Waals surface area contributed by atoms with Crippen LogP contribution in [0.3, 0.4) is 0 Å². The van der Waals surface area contributed by atoms with Crippen LogP contribution in [-0.4, -0.2) is 24.5 Å². The Bertz CT molecular complexity index is 437. The van der Waals surface area contributed by atoms with E-state index in [4.69, 9.17) is 10.5 Å². The van der Waals surface area contributed by atoms with Crippen LogP contribution in [0, 0.1) is 5.82 Å². The van der Waals surface area contributed by atoms with Crippen LogP contribution in [0.2, 0.25) is 0 Å². The van der Waals surface area contributed by atoms with Crippen LogP contribution in [0.4, 0.5) is 4.39 Å². The van der Waals surface area contributed by atoms with Crippen molar-refractivity contribution in [3.63, 3.8) is 0 Å². The van der Waals surface area contributed by atoms with Gasteiger partial charge in [-0.05, 0) is 19.1 Å². The summed E-state index contributed by atoms with van der Waals surface area (Å²) in [5.74, 6) is -1.46. The maximum absolute atomic E-state index is 13.2. The zero-order chi connectivity index (χ0) is 13.5. The van der Waals surface area contributed by atoms with E-state index < -0.39 is 17.6 Å². The molecule has 3 N–H and O–H groups in total. The molecule has 0 saturated carbocycles. The number of hydrogen-bond donors (Lipinski definition) is 2. The molecule has 0 unspecified atom stereocenters. The van der Waals surface area contributed by atoms with E-state index in [1.54, 1.807) is 13.0 Å². The van der Waals surface area contributed by atoms with Gasteiger partial charge in [0, 0.05) is 12.5 Å². The summed E-state index contributed by atoms with van der Waals surface area (Å²) < 4.78 is 18.2. The monoisotopic (exact) mass is 254 g/mol. The molecule has 2 amide bonds. The maximum Gasteiger partial charge on any atom is 0.258 e. The Morgan fingerprint density at radius 1 is 1.44 bits per heavy atom. The lowest BCUT2D eigenvalue weighted by atomic mass is 10.2. The lowest BCUT2D eigenvalue weighted by molar-refractivity contribution is -0.124. The molecule has 0 aliphatic carbocycles. The van der Waals surface area contributed by atoms with Crippen LogP contribution in [0.1, 0.15) is 13.3 Å². The fourth-order valence-corrected chi connectivity index (χ4v) is 1.37. The number of ether oxygens (including phenoxy) is 1. The van der Waals surface area contributed by atoms with Gasteiger partial charge in [-0.1, -0.05) is 12.1 Å². The standard InChI is InChI=1S/C12H15FN2O3/c1-8(6-11(14)16)15-12(17)7-18-10-5-3-2-4-9(10)13/h2-5,8H,6-7H2,1H3,(H2,14,16)(H,15,17)/t8-/m1/s1. The molecule has 0 spiro atoms. The smallest absolute Gasteiger partial charge is 0.258 e. The van der Waals surface area contributed by atoms with Crippen LogP contribution in [0.25, 0.3) is 0 Å². The van der Waals surface area contributed by atoms with E-state index in [-0.39, 0.29) is 24.8 Å². The molecule has 1 atom stereocenters. The number of nitrogens with one attached hydrogen (secondary N) is 1. The van der Waals surface area contributed by atoms with Gasteiger partial charge in [-0.15, -0.1) is 0 Å². The summed E-state index contributed by atoms with van der Waals surface area (Å²) >= 11 is 0. The number of nitrogens with two attached hydrogens (primary N) is 1. The van der Waals surface area contributed by atoms with Crippen molar-refractivity contribution in [2.45, 2.75) is 19.4 Å². The number of hydrogen-bond acceptors (Lipinski definition) is 3. The summed E-state index contributed by atoms with van der Waals surface area (Å²) in [5.41, 5.74) is 4.98. The Hall–Kier alpha value is -2.11. The first-order valence-corrected chi connectivity index (χ1v) is 5.44. The first kappa shape index (κ1) is 14.0. The van der Waals surface area contributed by atoms with Crippen molar-refractivity contribution in [3.05, 3.63) is 30.1 Å². The highest BCUT2D eigenvalue weighted by Crippen LogP contribution is 2.14. The molecule has 1 rings (SSSR count). The van der Waals surface area contributed by atoms with Crippen molar-refractivity contribution in [1.82, 2.24) is 5.32 Å². The minimum absolute atomic E-state index is 0.00945. The van der Waals surface area contributed by atoms with Gasteiger partial charge in [0.05, 0.1) is 0 Å². The third kappa shape index (κ3) is 4.82. The molecule has 0 heterocycles. The van der Waals surface area contributed by atoms with Gasteiger partial charge in [0.15, 0.2) is 18.2 Å². The third-order valence-electron chi connectivity index (χ3n) is 2.11. The van der Waals surface area contributed by atoms with E-state index in [1.807, 2.05) is 0 Å². The second-order valence-corrected chi connectivity index (χ2v) is 3.86.